The van der Waals surface area contributed by atoms with E-state index in [9.17, 15) is 13.6 Å². The van der Waals surface area contributed by atoms with Crippen LogP contribution in [0.1, 0.15) is 5.56 Å². The Kier molecular flexibility index (Phi) is 4.69. The van der Waals surface area contributed by atoms with Crippen molar-refractivity contribution in [2.75, 3.05) is 19.7 Å². The van der Waals surface area contributed by atoms with Crippen molar-refractivity contribution < 1.29 is 23.5 Å². The van der Waals surface area contributed by atoms with Gasteiger partial charge in [-0.1, -0.05) is 11.2 Å². The molecule has 1 atom stereocenters. The quantitative estimate of drug-likeness (QED) is 0.368. The van der Waals surface area contributed by atoms with Crippen molar-refractivity contribution in [1.82, 2.24) is 4.90 Å². The summed E-state index contributed by atoms with van der Waals surface area (Å²) in [6.45, 7) is 0.764. The highest BCUT2D eigenvalue weighted by Gasteiger charge is 2.27. The van der Waals surface area contributed by atoms with Crippen LogP contribution in [0, 0.1) is 11.6 Å². The Morgan fingerprint density at radius 2 is 2.24 bits per heavy atom. The van der Waals surface area contributed by atoms with Crippen LogP contribution in [0.2, 0.25) is 0 Å². The van der Waals surface area contributed by atoms with Gasteiger partial charge in [-0.05, 0) is 17.7 Å². The molecule has 1 aliphatic rings. The molecule has 1 fully saturated rings. The number of nitrogens with two attached hydrogens (primary N) is 1. The summed E-state index contributed by atoms with van der Waals surface area (Å²) in [6, 6.07) is 3.34. The first kappa shape index (κ1) is 15.2. The Morgan fingerprint density at radius 1 is 1.48 bits per heavy atom. The molecule has 3 N–H and O–H groups in total. The van der Waals surface area contributed by atoms with E-state index in [2.05, 4.69) is 5.16 Å². The topological polar surface area (TPSA) is 88.2 Å². The Labute approximate surface area is 119 Å². The summed E-state index contributed by atoms with van der Waals surface area (Å²) in [4.78, 5) is 13.6. The maximum atomic E-state index is 13.1. The largest absolute Gasteiger partial charge is 0.409 e. The van der Waals surface area contributed by atoms with Gasteiger partial charge in [0.1, 0.15) is 6.10 Å². The van der Waals surface area contributed by atoms with Crippen molar-refractivity contribution >= 4 is 11.7 Å². The van der Waals surface area contributed by atoms with E-state index in [1.807, 2.05) is 0 Å². The molecule has 2 rings (SSSR count). The van der Waals surface area contributed by atoms with Crippen LogP contribution in [0.15, 0.2) is 23.4 Å². The van der Waals surface area contributed by atoms with Gasteiger partial charge in [0.25, 0.3) is 0 Å². The number of amidine groups is 1. The van der Waals surface area contributed by atoms with E-state index in [0.29, 0.717) is 12.1 Å². The number of carbonyl (C=O) groups is 1. The molecule has 21 heavy (non-hydrogen) atoms. The van der Waals surface area contributed by atoms with E-state index in [0.717, 1.165) is 12.1 Å². The molecule has 0 aliphatic carbocycles. The second-order valence-electron chi connectivity index (χ2n) is 4.65. The summed E-state index contributed by atoms with van der Waals surface area (Å²) >= 11 is 0. The predicted octanol–water partition coefficient (Wildman–Crippen LogP) is 0.481. The van der Waals surface area contributed by atoms with Crippen LogP contribution in [-0.4, -0.2) is 47.7 Å². The maximum Gasteiger partial charge on any atom is 0.227 e. The number of hydrogen-bond acceptors (Lipinski definition) is 4. The highest BCUT2D eigenvalue weighted by Crippen LogP contribution is 2.12. The van der Waals surface area contributed by atoms with Crippen molar-refractivity contribution in [2.24, 2.45) is 10.9 Å². The molecule has 0 saturated carbocycles. The van der Waals surface area contributed by atoms with Gasteiger partial charge in [0.15, 0.2) is 17.5 Å². The average Bonchev–Trinajstić information content (AvgIpc) is 2.50. The van der Waals surface area contributed by atoms with Crippen LogP contribution in [0.5, 0.6) is 0 Å². The van der Waals surface area contributed by atoms with Gasteiger partial charge in [-0.25, -0.2) is 8.78 Å². The number of halogens is 2. The van der Waals surface area contributed by atoms with E-state index < -0.39 is 17.7 Å². The van der Waals surface area contributed by atoms with E-state index in [1.54, 1.807) is 0 Å². The third kappa shape index (κ3) is 3.66. The number of morpholine rings is 1. The predicted molar refractivity (Wildman–Crippen MR) is 69.8 cm³/mol. The van der Waals surface area contributed by atoms with Crippen LogP contribution in [0.4, 0.5) is 8.78 Å². The fourth-order valence-corrected chi connectivity index (χ4v) is 2.06. The molecule has 114 valence electrons. The number of oxime groups is 1. The Balaban J connectivity index is 2.01. The monoisotopic (exact) mass is 299 g/mol. The second kappa shape index (κ2) is 6.49. The standard InChI is InChI=1S/C13H15F2N3O3/c14-9-2-1-8(5-10(9)15)6-12(19)18-3-4-21-11(7-18)13(16)17-20/h1-2,5,11,20H,3-4,6-7H2,(H2,16,17). The van der Waals surface area contributed by atoms with Gasteiger partial charge < -0.3 is 20.6 Å². The number of nitrogens with zero attached hydrogens (tertiary/aromatic N) is 2. The van der Waals surface area contributed by atoms with Crippen molar-refractivity contribution in [3.63, 3.8) is 0 Å². The lowest BCUT2D eigenvalue weighted by atomic mass is 10.1. The van der Waals surface area contributed by atoms with E-state index in [-0.39, 0.29) is 31.3 Å². The van der Waals surface area contributed by atoms with Gasteiger partial charge in [-0.15, -0.1) is 0 Å². The van der Waals surface area contributed by atoms with Crippen molar-refractivity contribution in [2.45, 2.75) is 12.5 Å². The van der Waals surface area contributed by atoms with Gasteiger partial charge in [0.05, 0.1) is 19.6 Å². The zero-order valence-corrected chi connectivity index (χ0v) is 11.1. The number of carbonyl (C=O) groups excluding carboxylic acids is 1. The number of ether oxygens (including phenoxy) is 1. The number of rotatable bonds is 3. The fourth-order valence-electron chi connectivity index (χ4n) is 2.06. The lowest BCUT2D eigenvalue weighted by molar-refractivity contribution is -0.136. The van der Waals surface area contributed by atoms with Gasteiger partial charge in [-0.2, -0.15) is 0 Å². The van der Waals surface area contributed by atoms with Crippen LogP contribution in [-0.2, 0) is 16.0 Å². The molecule has 0 aromatic heterocycles. The molecule has 0 bridgehead atoms. The molecule has 8 heteroatoms. The van der Waals surface area contributed by atoms with Gasteiger partial charge in [0, 0.05) is 6.54 Å². The number of amides is 1. The first-order valence-electron chi connectivity index (χ1n) is 6.32. The number of benzene rings is 1. The smallest absolute Gasteiger partial charge is 0.227 e. The Bertz CT molecular complexity index is 566. The lowest BCUT2D eigenvalue weighted by Gasteiger charge is -2.32. The van der Waals surface area contributed by atoms with Crippen LogP contribution in [0.3, 0.4) is 0 Å². The first-order chi connectivity index (χ1) is 10.0. The molecule has 1 aliphatic heterocycles. The Hall–Kier alpha value is -2.22. The highest BCUT2D eigenvalue weighted by atomic mass is 19.2. The summed E-state index contributed by atoms with van der Waals surface area (Å²) in [7, 11) is 0. The van der Waals surface area contributed by atoms with Gasteiger partial charge in [0.2, 0.25) is 5.91 Å². The third-order valence-corrected chi connectivity index (χ3v) is 3.20. The second-order valence-corrected chi connectivity index (χ2v) is 4.65. The third-order valence-electron chi connectivity index (χ3n) is 3.20. The molecule has 1 amide bonds. The van der Waals surface area contributed by atoms with Crippen molar-refractivity contribution in [1.29, 1.82) is 0 Å². The van der Waals surface area contributed by atoms with Crippen LogP contribution in [0.25, 0.3) is 0 Å². The van der Waals surface area contributed by atoms with E-state index in [4.69, 9.17) is 15.7 Å². The number of hydrogen-bond donors (Lipinski definition) is 2. The molecule has 1 saturated heterocycles. The Morgan fingerprint density at radius 3 is 2.90 bits per heavy atom. The molecule has 1 aromatic carbocycles. The van der Waals surface area contributed by atoms with Gasteiger partial charge >= 0.3 is 0 Å². The highest BCUT2D eigenvalue weighted by molar-refractivity contribution is 5.86. The first-order valence-corrected chi connectivity index (χ1v) is 6.32. The van der Waals surface area contributed by atoms with Crippen LogP contribution < -0.4 is 5.73 Å². The van der Waals surface area contributed by atoms with Gasteiger partial charge in [-0.3, -0.25) is 4.79 Å². The minimum atomic E-state index is -0.989. The zero-order chi connectivity index (χ0) is 15.4. The molecule has 1 unspecified atom stereocenters. The summed E-state index contributed by atoms with van der Waals surface area (Å²) < 4.78 is 31.2. The van der Waals surface area contributed by atoms with Crippen LogP contribution >= 0.6 is 0 Å². The van der Waals surface area contributed by atoms with Crippen molar-refractivity contribution in [3.05, 3.63) is 35.4 Å². The molecule has 6 nitrogen and oxygen atoms in total. The maximum absolute atomic E-state index is 13.1. The minimum Gasteiger partial charge on any atom is -0.409 e. The SMILES string of the molecule is N/C(=N/O)C1CN(C(=O)Cc2ccc(F)c(F)c2)CCO1. The molecular weight excluding hydrogens is 284 g/mol. The summed E-state index contributed by atoms with van der Waals surface area (Å²) in [5, 5.41) is 11.5. The molecular formula is C13H15F2N3O3. The zero-order valence-electron chi connectivity index (χ0n) is 11.1. The molecule has 1 heterocycles. The minimum absolute atomic E-state index is 0.0555. The van der Waals surface area contributed by atoms with E-state index >= 15 is 0 Å². The van der Waals surface area contributed by atoms with Crippen molar-refractivity contribution in [3.8, 4) is 0 Å². The molecule has 0 spiro atoms. The fraction of sp³-hybridized carbons (Fsp3) is 0.385. The molecule has 0 radical (unpaired) electrons. The summed E-state index contributed by atoms with van der Waals surface area (Å²) in [5.74, 6) is -2.32. The van der Waals surface area contributed by atoms with E-state index in [1.165, 1.54) is 11.0 Å². The average molecular weight is 299 g/mol. The lowest BCUT2D eigenvalue weighted by Crippen LogP contribution is -2.50. The molecule has 1 aromatic rings. The summed E-state index contributed by atoms with van der Waals surface area (Å²) in [5.41, 5.74) is 5.83. The normalized spacial score (nSPS) is 19.6. The summed E-state index contributed by atoms with van der Waals surface area (Å²) in [6.07, 6.45) is -0.724.